The van der Waals surface area contributed by atoms with Crippen LogP contribution in [0.15, 0.2) is 47.6 Å². The van der Waals surface area contributed by atoms with E-state index in [1.807, 2.05) is 24.3 Å². The molecule has 0 radical (unpaired) electrons. The first-order chi connectivity index (χ1) is 11.2. The molecule has 0 fully saturated rings. The second-order valence-corrected chi connectivity index (χ2v) is 6.30. The topological polar surface area (TPSA) is 54.5 Å². The van der Waals surface area contributed by atoms with Gasteiger partial charge in [0.15, 0.2) is 5.65 Å². The van der Waals surface area contributed by atoms with Gasteiger partial charge in [-0.1, -0.05) is 47.6 Å². The third-order valence-electron chi connectivity index (χ3n) is 3.51. The summed E-state index contributed by atoms with van der Waals surface area (Å²) >= 11 is 7.33. The number of nitrogens with zero attached hydrogens (tertiary/aromatic N) is 3. The summed E-state index contributed by atoms with van der Waals surface area (Å²) in [7, 11) is 0. The van der Waals surface area contributed by atoms with Gasteiger partial charge in [-0.2, -0.15) is 0 Å². The molecule has 4 rings (SSSR count). The molecule has 0 aliphatic carbocycles. The Kier molecular flexibility index (Phi) is 3.63. The number of hydrogen-bond acceptors (Lipinski definition) is 4. The van der Waals surface area contributed by atoms with Crippen molar-refractivity contribution in [2.24, 2.45) is 0 Å². The molecule has 2 aromatic heterocycles. The van der Waals surface area contributed by atoms with E-state index in [-0.39, 0.29) is 5.82 Å². The summed E-state index contributed by atoms with van der Waals surface area (Å²) in [5.74, 6) is 0.0171. The van der Waals surface area contributed by atoms with E-state index in [1.54, 1.807) is 12.1 Å². The van der Waals surface area contributed by atoms with E-state index in [1.165, 1.54) is 17.8 Å². The Morgan fingerprint density at radius 1 is 1.09 bits per heavy atom. The van der Waals surface area contributed by atoms with Gasteiger partial charge in [0.1, 0.15) is 11.3 Å². The lowest BCUT2D eigenvalue weighted by atomic mass is 10.2. The first-order valence-electron chi connectivity index (χ1n) is 6.89. The molecule has 1 N–H and O–H groups in total. The summed E-state index contributed by atoms with van der Waals surface area (Å²) in [5, 5.41) is 10.2. The number of hydrogen-bond donors (Lipinski definition) is 1. The molecule has 0 aliphatic rings. The van der Waals surface area contributed by atoms with Crippen molar-refractivity contribution in [3.63, 3.8) is 0 Å². The average Bonchev–Trinajstić information content (AvgIpc) is 2.92. The lowest BCUT2D eigenvalue weighted by Crippen LogP contribution is -1.94. The summed E-state index contributed by atoms with van der Waals surface area (Å²) in [6.07, 6.45) is 0. The van der Waals surface area contributed by atoms with Crippen molar-refractivity contribution < 1.29 is 4.39 Å². The molecule has 23 heavy (non-hydrogen) atoms. The van der Waals surface area contributed by atoms with E-state index in [9.17, 15) is 4.39 Å². The van der Waals surface area contributed by atoms with E-state index in [4.69, 9.17) is 11.6 Å². The predicted octanol–water partition coefficient (Wildman–Crippen LogP) is 4.59. The number of benzene rings is 2. The number of aromatic nitrogens is 4. The van der Waals surface area contributed by atoms with Crippen molar-refractivity contribution in [3.05, 3.63) is 58.9 Å². The van der Waals surface area contributed by atoms with Gasteiger partial charge in [0.2, 0.25) is 5.16 Å². The second-order valence-electron chi connectivity index (χ2n) is 4.95. The zero-order valence-electron chi connectivity index (χ0n) is 11.8. The molecule has 0 unspecified atom stereocenters. The maximum absolute atomic E-state index is 13.8. The minimum atomic E-state index is -0.329. The summed E-state index contributed by atoms with van der Waals surface area (Å²) < 4.78 is 13.8. The largest absolute Gasteiger partial charge is 0.338 e. The van der Waals surface area contributed by atoms with Gasteiger partial charge in [0.05, 0.1) is 0 Å². The van der Waals surface area contributed by atoms with E-state index in [0.717, 1.165) is 16.4 Å². The molecule has 114 valence electrons. The highest BCUT2D eigenvalue weighted by Gasteiger charge is 2.11. The number of aromatic amines is 1. The van der Waals surface area contributed by atoms with Crippen LogP contribution in [0, 0.1) is 5.82 Å². The van der Waals surface area contributed by atoms with Crippen LogP contribution in [0.2, 0.25) is 5.02 Å². The van der Waals surface area contributed by atoms with Gasteiger partial charge in [-0.25, -0.2) is 9.37 Å². The summed E-state index contributed by atoms with van der Waals surface area (Å²) in [6, 6.07) is 12.5. The summed E-state index contributed by atoms with van der Waals surface area (Å²) in [4.78, 5) is 7.67. The molecule has 4 nitrogen and oxygen atoms in total. The van der Waals surface area contributed by atoms with Gasteiger partial charge >= 0.3 is 0 Å². The number of fused-ring (bicyclic) bond motifs is 3. The number of H-pyrrole nitrogens is 1. The minimum Gasteiger partial charge on any atom is -0.338 e. The molecule has 0 spiro atoms. The number of halogens is 2. The molecule has 0 saturated carbocycles. The number of thioether (sulfide) groups is 1. The second kappa shape index (κ2) is 5.79. The van der Waals surface area contributed by atoms with Crippen LogP contribution in [0.5, 0.6) is 0 Å². The number of nitrogens with one attached hydrogen (secondary N) is 1. The monoisotopic (exact) mass is 344 g/mol. The van der Waals surface area contributed by atoms with Crippen LogP contribution in [0.4, 0.5) is 4.39 Å². The van der Waals surface area contributed by atoms with Gasteiger partial charge < -0.3 is 4.98 Å². The van der Waals surface area contributed by atoms with Crippen LogP contribution in [-0.4, -0.2) is 20.2 Å². The molecule has 7 heteroatoms. The fourth-order valence-electron chi connectivity index (χ4n) is 2.37. The molecule has 4 aromatic rings. The zero-order chi connectivity index (χ0) is 15.8. The Morgan fingerprint density at radius 3 is 2.83 bits per heavy atom. The van der Waals surface area contributed by atoms with Gasteiger partial charge in [0.25, 0.3) is 0 Å². The first kappa shape index (κ1) is 14.4. The third kappa shape index (κ3) is 2.64. The zero-order valence-corrected chi connectivity index (χ0v) is 13.3. The molecule has 0 aliphatic heterocycles. The van der Waals surface area contributed by atoms with E-state index >= 15 is 0 Å². The summed E-state index contributed by atoms with van der Waals surface area (Å²) in [5.41, 5.74) is 2.81. The fourth-order valence-corrected chi connectivity index (χ4v) is 3.50. The van der Waals surface area contributed by atoms with Crippen molar-refractivity contribution in [2.45, 2.75) is 10.9 Å². The maximum atomic E-state index is 13.8. The highest BCUT2D eigenvalue weighted by atomic mass is 35.5. The quantitative estimate of drug-likeness (QED) is 0.552. The van der Waals surface area contributed by atoms with Crippen molar-refractivity contribution >= 4 is 45.4 Å². The van der Waals surface area contributed by atoms with Crippen molar-refractivity contribution in [1.29, 1.82) is 0 Å². The number of para-hydroxylation sites is 1. The van der Waals surface area contributed by atoms with Crippen LogP contribution in [0.3, 0.4) is 0 Å². The van der Waals surface area contributed by atoms with Crippen LogP contribution in [-0.2, 0) is 5.75 Å². The van der Waals surface area contributed by atoms with E-state index in [2.05, 4.69) is 20.2 Å². The van der Waals surface area contributed by atoms with Crippen molar-refractivity contribution in [3.8, 4) is 0 Å². The predicted molar refractivity (Wildman–Crippen MR) is 90.2 cm³/mol. The molecule has 0 amide bonds. The molecule has 2 aromatic carbocycles. The van der Waals surface area contributed by atoms with Crippen molar-refractivity contribution in [1.82, 2.24) is 20.2 Å². The summed E-state index contributed by atoms with van der Waals surface area (Å²) in [6.45, 7) is 0. The van der Waals surface area contributed by atoms with E-state index in [0.29, 0.717) is 27.1 Å². The average molecular weight is 345 g/mol. The number of rotatable bonds is 3. The molecular formula is C16H10ClFN4S. The maximum Gasteiger partial charge on any atom is 0.211 e. The molecule has 0 bridgehead atoms. The standard InChI is InChI=1S/C16H10ClFN4S/c17-11-5-3-6-12(18)10(11)8-23-16-20-15-14(21-22-16)9-4-1-2-7-13(9)19-15/h1-7H,8H2,(H,19,20,22). The molecular weight excluding hydrogens is 335 g/mol. The Morgan fingerprint density at radius 2 is 1.96 bits per heavy atom. The Bertz CT molecular complexity index is 997. The minimum absolute atomic E-state index is 0.329. The van der Waals surface area contributed by atoms with Crippen molar-refractivity contribution in [2.75, 3.05) is 0 Å². The van der Waals surface area contributed by atoms with Gasteiger partial charge in [-0.15, -0.1) is 10.2 Å². The highest BCUT2D eigenvalue weighted by molar-refractivity contribution is 7.98. The van der Waals surface area contributed by atoms with Crippen LogP contribution >= 0.6 is 23.4 Å². The highest BCUT2D eigenvalue weighted by Crippen LogP contribution is 2.28. The van der Waals surface area contributed by atoms with Gasteiger partial charge in [-0.3, -0.25) is 0 Å². The Balaban J connectivity index is 1.66. The normalized spacial score (nSPS) is 11.4. The van der Waals surface area contributed by atoms with Gasteiger partial charge in [-0.05, 0) is 18.2 Å². The first-order valence-corrected chi connectivity index (χ1v) is 8.25. The molecule has 0 saturated heterocycles. The van der Waals surface area contributed by atoms with Crippen LogP contribution in [0.1, 0.15) is 5.56 Å². The Labute approximate surface area is 140 Å². The van der Waals surface area contributed by atoms with E-state index < -0.39 is 0 Å². The van der Waals surface area contributed by atoms with Gasteiger partial charge in [0, 0.05) is 27.2 Å². The lowest BCUT2D eigenvalue weighted by molar-refractivity contribution is 0.617. The van der Waals surface area contributed by atoms with Crippen LogP contribution in [0.25, 0.3) is 22.1 Å². The van der Waals surface area contributed by atoms with Crippen LogP contribution < -0.4 is 0 Å². The fraction of sp³-hybridized carbons (Fsp3) is 0.0625. The lowest BCUT2D eigenvalue weighted by Gasteiger charge is -2.04. The third-order valence-corrected chi connectivity index (χ3v) is 4.73. The smallest absolute Gasteiger partial charge is 0.211 e. The SMILES string of the molecule is Fc1cccc(Cl)c1CSc1nnc2c(n1)[nH]c1ccccc12. The molecule has 2 heterocycles. The Hall–Kier alpha value is -2.18. The molecule has 0 atom stereocenters.